The Labute approximate surface area is 107 Å². The van der Waals surface area contributed by atoms with Gasteiger partial charge in [-0.1, -0.05) is 32.1 Å². The quantitative estimate of drug-likeness (QED) is 0.627. The Hall–Kier alpha value is -0.120. The fourth-order valence-electron chi connectivity index (χ4n) is 2.40. The molecule has 1 saturated carbocycles. The Bertz CT molecular complexity index is 168. The van der Waals surface area contributed by atoms with Crippen LogP contribution in [0.4, 0.5) is 0 Å². The maximum Gasteiger partial charge on any atom is 0.0593 e. The number of ether oxygens (including phenoxy) is 1. The highest BCUT2D eigenvalue weighted by Crippen LogP contribution is 2.25. The summed E-state index contributed by atoms with van der Waals surface area (Å²) in [5.41, 5.74) is 0. The monoisotopic (exact) mass is 242 g/mol. The van der Waals surface area contributed by atoms with Crippen LogP contribution in [-0.4, -0.2) is 51.8 Å². The molecule has 102 valence electrons. The minimum absolute atomic E-state index is 0.845. The SMILES string of the molecule is CN(C)CCOCCNCCC1CCCCC1. The van der Waals surface area contributed by atoms with Crippen LogP contribution in [0.3, 0.4) is 0 Å². The van der Waals surface area contributed by atoms with Gasteiger partial charge in [-0.2, -0.15) is 0 Å². The summed E-state index contributed by atoms with van der Waals surface area (Å²) >= 11 is 0. The second kappa shape index (κ2) is 9.86. The van der Waals surface area contributed by atoms with Gasteiger partial charge >= 0.3 is 0 Å². The Balaban J connectivity index is 1.78. The predicted octanol–water partition coefficient (Wildman–Crippen LogP) is 2.12. The van der Waals surface area contributed by atoms with Crippen LogP contribution in [0.15, 0.2) is 0 Å². The first-order valence-electron chi connectivity index (χ1n) is 7.22. The van der Waals surface area contributed by atoms with Crippen molar-refractivity contribution in [1.82, 2.24) is 10.2 Å². The molecule has 0 heterocycles. The third-order valence-corrected chi connectivity index (χ3v) is 3.56. The first-order chi connectivity index (χ1) is 8.29. The van der Waals surface area contributed by atoms with Gasteiger partial charge < -0.3 is 15.0 Å². The lowest BCUT2D eigenvalue weighted by molar-refractivity contribution is 0.119. The zero-order valence-electron chi connectivity index (χ0n) is 11.7. The molecule has 0 aromatic heterocycles. The molecule has 0 unspecified atom stereocenters. The molecule has 1 N–H and O–H groups in total. The van der Waals surface area contributed by atoms with E-state index in [2.05, 4.69) is 24.3 Å². The minimum atomic E-state index is 0.845. The molecule has 1 aliphatic carbocycles. The molecule has 3 heteroatoms. The number of hydrogen-bond donors (Lipinski definition) is 1. The number of rotatable bonds is 9. The van der Waals surface area contributed by atoms with E-state index in [1.54, 1.807) is 0 Å². The van der Waals surface area contributed by atoms with E-state index in [9.17, 15) is 0 Å². The average Bonchev–Trinajstić information content (AvgIpc) is 2.33. The smallest absolute Gasteiger partial charge is 0.0593 e. The molecular weight excluding hydrogens is 212 g/mol. The van der Waals surface area contributed by atoms with Crippen LogP contribution in [0.2, 0.25) is 0 Å². The highest BCUT2D eigenvalue weighted by Gasteiger charge is 2.12. The summed E-state index contributed by atoms with van der Waals surface area (Å²) in [6, 6.07) is 0. The molecule has 0 bridgehead atoms. The zero-order chi connectivity index (χ0) is 12.3. The lowest BCUT2D eigenvalue weighted by atomic mass is 9.87. The topological polar surface area (TPSA) is 24.5 Å². The molecule has 0 spiro atoms. The van der Waals surface area contributed by atoms with Gasteiger partial charge in [0.15, 0.2) is 0 Å². The molecular formula is C14H30N2O. The van der Waals surface area contributed by atoms with E-state index in [0.29, 0.717) is 0 Å². The van der Waals surface area contributed by atoms with Crippen molar-refractivity contribution in [2.75, 3.05) is 46.9 Å². The molecule has 1 aliphatic rings. The lowest BCUT2D eigenvalue weighted by Gasteiger charge is -2.21. The van der Waals surface area contributed by atoms with Gasteiger partial charge in [-0.3, -0.25) is 0 Å². The van der Waals surface area contributed by atoms with Crippen LogP contribution in [-0.2, 0) is 4.74 Å². The molecule has 0 atom stereocenters. The van der Waals surface area contributed by atoms with Crippen molar-refractivity contribution in [3.63, 3.8) is 0 Å². The van der Waals surface area contributed by atoms with E-state index >= 15 is 0 Å². The summed E-state index contributed by atoms with van der Waals surface area (Å²) in [6.07, 6.45) is 8.65. The summed E-state index contributed by atoms with van der Waals surface area (Å²) in [4.78, 5) is 2.15. The second-order valence-electron chi connectivity index (χ2n) is 5.46. The zero-order valence-corrected chi connectivity index (χ0v) is 11.7. The van der Waals surface area contributed by atoms with Gasteiger partial charge in [-0.05, 0) is 33.0 Å². The molecule has 0 saturated heterocycles. The highest BCUT2D eigenvalue weighted by molar-refractivity contribution is 4.66. The van der Waals surface area contributed by atoms with Gasteiger partial charge in [-0.15, -0.1) is 0 Å². The Morgan fingerprint density at radius 2 is 1.82 bits per heavy atom. The Kier molecular flexibility index (Phi) is 8.67. The van der Waals surface area contributed by atoms with Crippen molar-refractivity contribution in [2.24, 2.45) is 5.92 Å². The van der Waals surface area contributed by atoms with Crippen molar-refractivity contribution in [3.8, 4) is 0 Å². The third kappa shape index (κ3) is 8.58. The normalized spacial score (nSPS) is 17.8. The number of hydrogen-bond acceptors (Lipinski definition) is 3. The van der Waals surface area contributed by atoms with Crippen molar-refractivity contribution in [2.45, 2.75) is 38.5 Å². The summed E-state index contributed by atoms with van der Waals surface area (Å²) < 4.78 is 5.53. The van der Waals surface area contributed by atoms with E-state index in [1.165, 1.54) is 45.1 Å². The Morgan fingerprint density at radius 1 is 1.06 bits per heavy atom. The standard InChI is InChI=1S/C14H30N2O/c1-16(2)11-13-17-12-10-15-9-8-14-6-4-3-5-7-14/h14-15H,3-13H2,1-2H3. The van der Waals surface area contributed by atoms with E-state index in [-0.39, 0.29) is 0 Å². The molecule has 1 fully saturated rings. The molecule has 0 aromatic carbocycles. The van der Waals surface area contributed by atoms with E-state index in [4.69, 9.17) is 4.74 Å². The first-order valence-corrected chi connectivity index (χ1v) is 7.22. The van der Waals surface area contributed by atoms with Crippen molar-refractivity contribution in [3.05, 3.63) is 0 Å². The highest BCUT2D eigenvalue weighted by atomic mass is 16.5. The first kappa shape index (κ1) is 14.9. The average molecular weight is 242 g/mol. The van der Waals surface area contributed by atoms with Gasteiger partial charge in [0.1, 0.15) is 0 Å². The summed E-state index contributed by atoms with van der Waals surface area (Å²) in [6.45, 7) is 4.87. The van der Waals surface area contributed by atoms with Gasteiger partial charge in [0.25, 0.3) is 0 Å². The largest absolute Gasteiger partial charge is 0.379 e. The summed E-state index contributed by atoms with van der Waals surface area (Å²) in [5, 5.41) is 3.48. The fourth-order valence-corrected chi connectivity index (χ4v) is 2.40. The van der Waals surface area contributed by atoms with E-state index in [1.807, 2.05) is 0 Å². The van der Waals surface area contributed by atoms with E-state index < -0.39 is 0 Å². The molecule has 0 aliphatic heterocycles. The second-order valence-corrected chi connectivity index (χ2v) is 5.46. The molecule has 0 aromatic rings. The predicted molar refractivity (Wildman–Crippen MR) is 73.4 cm³/mol. The number of nitrogens with zero attached hydrogens (tertiary/aromatic N) is 1. The van der Waals surface area contributed by atoms with Crippen molar-refractivity contribution >= 4 is 0 Å². The van der Waals surface area contributed by atoms with Gasteiger partial charge in [-0.25, -0.2) is 0 Å². The summed E-state index contributed by atoms with van der Waals surface area (Å²) in [7, 11) is 4.15. The van der Waals surface area contributed by atoms with Crippen LogP contribution < -0.4 is 5.32 Å². The van der Waals surface area contributed by atoms with Crippen LogP contribution in [0, 0.1) is 5.92 Å². The van der Waals surface area contributed by atoms with Gasteiger partial charge in [0, 0.05) is 13.1 Å². The third-order valence-electron chi connectivity index (χ3n) is 3.56. The maximum atomic E-state index is 5.53. The molecule has 0 radical (unpaired) electrons. The van der Waals surface area contributed by atoms with Gasteiger partial charge in [0.05, 0.1) is 13.2 Å². The summed E-state index contributed by atoms with van der Waals surface area (Å²) in [5.74, 6) is 0.992. The molecule has 17 heavy (non-hydrogen) atoms. The maximum absolute atomic E-state index is 5.53. The fraction of sp³-hybridized carbons (Fsp3) is 1.00. The van der Waals surface area contributed by atoms with Crippen molar-refractivity contribution < 1.29 is 4.74 Å². The minimum Gasteiger partial charge on any atom is -0.379 e. The molecule has 1 rings (SSSR count). The van der Waals surface area contributed by atoms with Crippen LogP contribution in [0.5, 0.6) is 0 Å². The number of nitrogens with one attached hydrogen (secondary N) is 1. The van der Waals surface area contributed by atoms with E-state index in [0.717, 1.165) is 32.2 Å². The van der Waals surface area contributed by atoms with Crippen LogP contribution in [0.25, 0.3) is 0 Å². The van der Waals surface area contributed by atoms with Crippen LogP contribution in [0.1, 0.15) is 38.5 Å². The Morgan fingerprint density at radius 3 is 2.53 bits per heavy atom. The molecule has 3 nitrogen and oxygen atoms in total. The van der Waals surface area contributed by atoms with Crippen LogP contribution >= 0.6 is 0 Å². The number of likely N-dealkylation sites (N-methyl/N-ethyl adjacent to an activating group) is 1. The van der Waals surface area contributed by atoms with Crippen molar-refractivity contribution in [1.29, 1.82) is 0 Å². The lowest BCUT2D eigenvalue weighted by Crippen LogP contribution is -2.25. The van der Waals surface area contributed by atoms with Gasteiger partial charge in [0.2, 0.25) is 0 Å². The molecule has 0 amide bonds.